The molecular formula is C18H24O. The molecule has 1 aliphatic carbocycles. The summed E-state index contributed by atoms with van der Waals surface area (Å²) >= 11 is 0. The summed E-state index contributed by atoms with van der Waals surface area (Å²) in [5, 5.41) is 0. The van der Waals surface area contributed by atoms with Gasteiger partial charge in [-0.2, -0.15) is 0 Å². The second kappa shape index (κ2) is 6.70. The third-order valence-electron chi connectivity index (χ3n) is 4.17. The molecule has 102 valence electrons. The minimum Gasteiger partial charge on any atom is -0.295 e. The highest BCUT2D eigenvalue weighted by molar-refractivity contribution is 5.90. The lowest BCUT2D eigenvalue weighted by Crippen LogP contribution is -2.08. The molecule has 1 aliphatic rings. The molecule has 1 aromatic rings. The van der Waals surface area contributed by atoms with Crippen LogP contribution in [0.2, 0.25) is 0 Å². The molecule has 0 N–H and O–H groups in total. The predicted octanol–water partition coefficient (Wildman–Crippen LogP) is 4.80. The Morgan fingerprint density at radius 3 is 2.63 bits per heavy atom. The van der Waals surface area contributed by atoms with Gasteiger partial charge in [-0.1, -0.05) is 49.2 Å². The molecule has 0 fully saturated rings. The largest absolute Gasteiger partial charge is 0.295 e. The van der Waals surface area contributed by atoms with E-state index in [1.807, 2.05) is 0 Å². The summed E-state index contributed by atoms with van der Waals surface area (Å²) in [5.41, 5.74) is 2.77. The van der Waals surface area contributed by atoms with Crippen molar-refractivity contribution >= 4 is 5.78 Å². The number of allylic oxidation sites excluding steroid dienone is 2. The Balaban J connectivity index is 1.75. The lowest BCUT2D eigenvalue weighted by Gasteiger charge is -2.17. The Bertz CT molecular complexity index is 441. The second-order valence-corrected chi connectivity index (χ2v) is 5.87. The van der Waals surface area contributed by atoms with Crippen LogP contribution in [0.1, 0.15) is 56.1 Å². The normalized spacial score (nSPS) is 20.5. The lowest BCUT2D eigenvalue weighted by atomic mass is 9.88. The van der Waals surface area contributed by atoms with Gasteiger partial charge in [0.2, 0.25) is 0 Å². The molecule has 0 saturated heterocycles. The molecule has 0 saturated carbocycles. The van der Waals surface area contributed by atoms with E-state index in [0.29, 0.717) is 17.6 Å². The van der Waals surface area contributed by atoms with Gasteiger partial charge >= 0.3 is 0 Å². The number of rotatable bonds is 5. The second-order valence-electron chi connectivity index (χ2n) is 5.87. The highest BCUT2D eigenvalue weighted by Gasteiger charge is 2.13. The van der Waals surface area contributed by atoms with E-state index in [-0.39, 0.29) is 0 Å². The van der Waals surface area contributed by atoms with Gasteiger partial charge in [-0.3, -0.25) is 4.79 Å². The van der Waals surface area contributed by atoms with Gasteiger partial charge in [0.05, 0.1) is 0 Å². The third-order valence-corrected chi connectivity index (χ3v) is 4.17. The molecule has 0 aliphatic heterocycles. The summed E-state index contributed by atoms with van der Waals surface area (Å²) in [5.74, 6) is 1.56. The molecule has 0 bridgehead atoms. The van der Waals surface area contributed by atoms with Crippen LogP contribution in [0.5, 0.6) is 0 Å². The van der Waals surface area contributed by atoms with Crippen LogP contribution >= 0.6 is 0 Å². The van der Waals surface area contributed by atoms with Crippen LogP contribution in [0.3, 0.4) is 0 Å². The first-order chi connectivity index (χ1) is 9.15. The van der Waals surface area contributed by atoms with Crippen molar-refractivity contribution in [3.63, 3.8) is 0 Å². The van der Waals surface area contributed by atoms with Gasteiger partial charge in [0.25, 0.3) is 0 Å². The molecule has 2 rings (SSSR count). The smallest absolute Gasteiger partial charge is 0.155 e. The van der Waals surface area contributed by atoms with E-state index < -0.39 is 0 Å². The molecule has 1 nitrogen and oxygen atoms in total. The summed E-state index contributed by atoms with van der Waals surface area (Å²) in [7, 11) is 0. The molecule has 1 heteroatoms. The quantitative estimate of drug-likeness (QED) is 0.739. The highest BCUT2D eigenvalue weighted by Crippen LogP contribution is 2.26. The number of aryl methyl sites for hydroxylation is 1. The Labute approximate surface area is 116 Å². The maximum Gasteiger partial charge on any atom is 0.155 e. The molecule has 0 radical (unpaired) electrons. The first-order valence-electron chi connectivity index (χ1n) is 7.43. The van der Waals surface area contributed by atoms with Gasteiger partial charge < -0.3 is 0 Å². The minimum atomic E-state index is 0.296. The maximum atomic E-state index is 11.1. The van der Waals surface area contributed by atoms with Crippen LogP contribution in [0.4, 0.5) is 0 Å². The molecule has 2 unspecified atom stereocenters. The number of ketones is 1. The number of carbonyl (C=O) groups is 1. The average molecular weight is 256 g/mol. The fraction of sp³-hybridized carbons (Fsp3) is 0.500. The van der Waals surface area contributed by atoms with E-state index in [4.69, 9.17) is 0 Å². The van der Waals surface area contributed by atoms with Crippen LogP contribution in [0, 0.1) is 12.8 Å². The van der Waals surface area contributed by atoms with Gasteiger partial charge in [0, 0.05) is 6.42 Å². The fourth-order valence-electron chi connectivity index (χ4n) is 2.74. The molecule has 0 heterocycles. The molecule has 2 atom stereocenters. The number of hydrogen-bond donors (Lipinski definition) is 0. The summed E-state index contributed by atoms with van der Waals surface area (Å²) in [6.07, 6.45) is 9.39. The van der Waals surface area contributed by atoms with Crippen molar-refractivity contribution in [2.24, 2.45) is 5.92 Å². The van der Waals surface area contributed by atoms with Gasteiger partial charge in [-0.15, -0.1) is 0 Å². The van der Waals surface area contributed by atoms with Crippen LogP contribution in [-0.2, 0) is 4.79 Å². The molecule has 0 spiro atoms. The molecule has 0 amide bonds. The van der Waals surface area contributed by atoms with Gasteiger partial charge in [0.1, 0.15) is 0 Å². The van der Waals surface area contributed by atoms with Crippen molar-refractivity contribution < 1.29 is 4.79 Å². The molecule has 1 aromatic carbocycles. The van der Waals surface area contributed by atoms with Crippen molar-refractivity contribution in [2.75, 3.05) is 0 Å². The van der Waals surface area contributed by atoms with Crippen molar-refractivity contribution in [1.29, 1.82) is 0 Å². The topological polar surface area (TPSA) is 17.1 Å². The summed E-state index contributed by atoms with van der Waals surface area (Å²) < 4.78 is 0. The fourth-order valence-corrected chi connectivity index (χ4v) is 2.74. The van der Waals surface area contributed by atoms with Crippen molar-refractivity contribution in [1.82, 2.24) is 0 Å². The lowest BCUT2D eigenvalue weighted by molar-refractivity contribution is -0.115. The number of hydrogen-bond acceptors (Lipinski definition) is 1. The van der Waals surface area contributed by atoms with Crippen molar-refractivity contribution in [3.05, 3.63) is 47.5 Å². The van der Waals surface area contributed by atoms with Crippen molar-refractivity contribution in [2.45, 2.75) is 51.9 Å². The van der Waals surface area contributed by atoms with Gasteiger partial charge in [-0.25, -0.2) is 0 Å². The number of carbonyl (C=O) groups excluding carboxylic acids is 1. The third kappa shape index (κ3) is 4.34. The predicted molar refractivity (Wildman–Crippen MR) is 80.3 cm³/mol. The summed E-state index contributed by atoms with van der Waals surface area (Å²) in [6.45, 7) is 4.44. The van der Waals surface area contributed by atoms with E-state index in [9.17, 15) is 4.79 Å². The maximum absolute atomic E-state index is 11.1. The Hall–Kier alpha value is -1.37. The Kier molecular flexibility index (Phi) is 4.95. The van der Waals surface area contributed by atoms with Crippen LogP contribution in [0.25, 0.3) is 0 Å². The standard InChI is InChI=1S/C18H24O/c1-14-6-10-17(11-7-14)15(2)4-3-5-16-8-12-18(19)13-9-16/h6-8,10-12,15-16H,3-5,9,13H2,1-2H3. The minimum absolute atomic E-state index is 0.296. The zero-order valence-electron chi connectivity index (χ0n) is 12.1. The zero-order chi connectivity index (χ0) is 13.7. The first-order valence-corrected chi connectivity index (χ1v) is 7.43. The van der Waals surface area contributed by atoms with E-state index in [1.165, 1.54) is 30.4 Å². The van der Waals surface area contributed by atoms with E-state index in [1.54, 1.807) is 6.08 Å². The van der Waals surface area contributed by atoms with E-state index >= 15 is 0 Å². The molecule has 19 heavy (non-hydrogen) atoms. The SMILES string of the molecule is Cc1ccc(C(C)CCCC2C=CC(=O)CC2)cc1. The van der Waals surface area contributed by atoms with Crippen LogP contribution in [-0.4, -0.2) is 5.78 Å². The Morgan fingerprint density at radius 1 is 1.26 bits per heavy atom. The first kappa shape index (κ1) is 14.0. The van der Waals surface area contributed by atoms with Crippen molar-refractivity contribution in [3.8, 4) is 0 Å². The Morgan fingerprint density at radius 2 is 2.00 bits per heavy atom. The van der Waals surface area contributed by atoms with Gasteiger partial charge in [-0.05, 0) is 49.7 Å². The summed E-state index contributed by atoms with van der Waals surface area (Å²) in [4.78, 5) is 11.1. The summed E-state index contributed by atoms with van der Waals surface area (Å²) in [6, 6.07) is 8.89. The van der Waals surface area contributed by atoms with Crippen LogP contribution in [0.15, 0.2) is 36.4 Å². The zero-order valence-corrected chi connectivity index (χ0v) is 12.1. The highest BCUT2D eigenvalue weighted by atomic mass is 16.1. The number of benzene rings is 1. The average Bonchev–Trinajstić information content (AvgIpc) is 2.41. The van der Waals surface area contributed by atoms with E-state index in [0.717, 1.165) is 12.8 Å². The van der Waals surface area contributed by atoms with Crippen LogP contribution < -0.4 is 0 Å². The van der Waals surface area contributed by atoms with Gasteiger partial charge in [0.15, 0.2) is 5.78 Å². The van der Waals surface area contributed by atoms with E-state index in [2.05, 4.69) is 44.2 Å². The monoisotopic (exact) mass is 256 g/mol. The molecule has 0 aromatic heterocycles. The molecular weight excluding hydrogens is 232 g/mol.